The number of phenolic OH excluding ortho intramolecular Hbond substituents is 1. The Labute approximate surface area is 294 Å². The molecule has 51 heavy (non-hydrogen) atoms. The summed E-state index contributed by atoms with van der Waals surface area (Å²) in [6.45, 7) is 7.05. The number of ether oxygens (including phenoxy) is 4. The number of phenols is 1. The Balaban J connectivity index is 1.24. The van der Waals surface area contributed by atoms with Gasteiger partial charge in [0.2, 0.25) is 11.5 Å². The smallest absolute Gasteiger partial charge is 0.355 e. The Morgan fingerprint density at radius 3 is 2.45 bits per heavy atom. The molecule has 4 heterocycles. The SMILES string of the molecule is CCc1c2c(nc3ccc(O)cc13)-c1cc3c(c(=O)n1C2)COC(=O)[C@]3(CC)OC(=O)CNC(=O)C(C)CC(=O)CCOCCOCCC(C)=O. The van der Waals surface area contributed by atoms with Gasteiger partial charge in [0.25, 0.3) is 5.56 Å². The van der Waals surface area contributed by atoms with Crippen LogP contribution in [0.25, 0.3) is 22.3 Å². The lowest BCUT2D eigenvalue weighted by Gasteiger charge is -2.35. The van der Waals surface area contributed by atoms with E-state index >= 15 is 0 Å². The number of carbonyl (C=O) groups is 5. The van der Waals surface area contributed by atoms with E-state index in [1.54, 1.807) is 42.7 Å². The molecule has 2 N–H and O–H groups in total. The van der Waals surface area contributed by atoms with Crippen LogP contribution in [0.5, 0.6) is 5.75 Å². The van der Waals surface area contributed by atoms with E-state index in [-0.39, 0.29) is 74.1 Å². The lowest BCUT2D eigenvalue weighted by Crippen LogP contribution is -2.49. The maximum atomic E-state index is 13.9. The number of amides is 1. The highest BCUT2D eigenvalue weighted by Crippen LogP contribution is 2.42. The predicted molar refractivity (Wildman–Crippen MR) is 183 cm³/mol. The van der Waals surface area contributed by atoms with E-state index in [2.05, 4.69) is 5.32 Å². The number of aromatic hydroxyl groups is 1. The number of hydrogen-bond donors (Lipinski definition) is 2. The fourth-order valence-electron chi connectivity index (χ4n) is 6.53. The number of esters is 2. The van der Waals surface area contributed by atoms with Crippen molar-refractivity contribution in [1.29, 1.82) is 0 Å². The first-order valence-electron chi connectivity index (χ1n) is 17.2. The minimum Gasteiger partial charge on any atom is -0.508 e. The van der Waals surface area contributed by atoms with E-state index in [1.165, 1.54) is 6.92 Å². The maximum Gasteiger partial charge on any atom is 0.355 e. The number of hydrogen-bond acceptors (Lipinski definition) is 12. The number of fused-ring (bicyclic) bond motifs is 5. The van der Waals surface area contributed by atoms with Crippen molar-refractivity contribution in [3.8, 4) is 17.1 Å². The first-order valence-corrected chi connectivity index (χ1v) is 17.2. The van der Waals surface area contributed by atoms with Gasteiger partial charge in [-0.05, 0) is 49.6 Å². The zero-order valence-corrected chi connectivity index (χ0v) is 29.3. The summed E-state index contributed by atoms with van der Waals surface area (Å²) in [6.07, 6.45) is 0.934. The van der Waals surface area contributed by atoms with Crippen molar-refractivity contribution >= 4 is 40.3 Å². The van der Waals surface area contributed by atoms with E-state index in [4.69, 9.17) is 23.9 Å². The zero-order valence-electron chi connectivity index (χ0n) is 29.3. The molecule has 1 amide bonds. The molecular weight excluding hydrogens is 662 g/mol. The van der Waals surface area contributed by atoms with E-state index in [1.807, 2.05) is 6.92 Å². The Morgan fingerprint density at radius 2 is 1.76 bits per heavy atom. The molecule has 1 unspecified atom stereocenters. The number of ketones is 2. The zero-order chi connectivity index (χ0) is 36.9. The molecule has 14 heteroatoms. The van der Waals surface area contributed by atoms with Crippen molar-refractivity contribution in [2.75, 3.05) is 33.0 Å². The number of nitrogens with one attached hydrogen (secondary N) is 1. The number of aromatic nitrogens is 2. The third kappa shape index (κ3) is 7.86. The number of cyclic esters (lactones) is 1. The Hall–Kier alpha value is -4.95. The number of Topliss-reactive ketones (excluding diaryl/α,β-unsaturated/α-hetero) is 2. The summed E-state index contributed by atoms with van der Waals surface area (Å²) in [5.41, 5.74) is 1.50. The Morgan fingerprint density at radius 1 is 1.04 bits per heavy atom. The van der Waals surface area contributed by atoms with Gasteiger partial charge >= 0.3 is 11.9 Å². The standard InChI is InChI=1S/C37H43N3O11/c1-5-25-26-16-23(42)7-8-30(26)39-33-27(25)19-40-31(33)17-29-28(35(40)46)20-50-36(47)37(29,6-2)51-32(44)18-38-34(45)21(3)15-24(43)10-12-49-14-13-48-11-9-22(4)41/h7-8,16-17,21,42H,5-6,9-15,18-20H2,1-4H3,(H,38,45)/t21?,37-/m1/s1. The van der Waals surface area contributed by atoms with E-state index in [9.17, 15) is 33.9 Å². The van der Waals surface area contributed by atoms with Gasteiger partial charge in [0, 0.05) is 41.7 Å². The molecule has 0 aliphatic carbocycles. The largest absolute Gasteiger partial charge is 0.508 e. The number of aryl methyl sites for hydroxylation is 1. The summed E-state index contributed by atoms with van der Waals surface area (Å²) in [4.78, 5) is 81.4. The molecule has 2 atom stereocenters. The maximum absolute atomic E-state index is 13.9. The summed E-state index contributed by atoms with van der Waals surface area (Å²) in [6, 6.07) is 6.56. The van der Waals surface area contributed by atoms with Gasteiger partial charge in [0.15, 0.2) is 0 Å². The highest BCUT2D eigenvalue weighted by molar-refractivity contribution is 5.92. The molecule has 3 aromatic rings. The lowest BCUT2D eigenvalue weighted by molar-refractivity contribution is -0.189. The van der Waals surface area contributed by atoms with E-state index < -0.39 is 41.5 Å². The summed E-state index contributed by atoms with van der Waals surface area (Å²) in [5.74, 6) is -3.11. The predicted octanol–water partition coefficient (Wildman–Crippen LogP) is 3.01. The average molecular weight is 706 g/mol. The summed E-state index contributed by atoms with van der Waals surface area (Å²) < 4.78 is 23.4. The highest BCUT2D eigenvalue weighted by atomic mass is 16.6. The van der Waals surface area contributed by atoms with Crippen molar-refractivity contribution in [2.24, 2.45) is 5.92 Å². The Bertz CT molecular complexity index is 1930. The number of benzene rings is 1. The normalized spacial score (nSPS) is 16.5. The van der Waals surface area contributed by atoms with Gasteiger partial charge in [-0.15, -0.1) is 0 Å². The number of pyridine rings is 2. The van der Waals surface area contributed by atoms with Crippen LogP contribution in [-0.2, 0) is 68.1 Å². The van der Waals surface area contributed by atoms with Crippen LogP contribution < -0.4 is 10.9 Å². The first kappa shape index (κ1) is 37.3. The molecule has 0 saturated carbocycles. The van der Waals surface area contributed by atoms with Crippen LogP contribution in [0.4, 0.5) is 0 Å². The molecule has 5 rings (SSSR count). The van der Waals surface area contributed by atoms with Gasteiger partial charge in [-0.25, -0.2) is 9.78 Å². The number of carbonyl (C=O) groups excluding carboxylic acids is 5. The molecule has 14 nitrogen and oxygen atoms in total. The lowest BCUT2D eigenvalue weighted by atomic mass is 9.85. The molecular formula is C37H43N3O11. The summed E-state index contributed by atoms with van der Waals surface area (Å²) >= 11 is 0. The van der Waals surface area contributed by atoms with Crippen molar-refractivity contribution in [3.05, 3.63) is 56.9 Å². The van der Waals surface area contributed by atoms with Crippen LogP contribution in [0.3, 0.4) is 0 Å². The fourth-order valence-corrected chi connectivity index (χ4v) is 6.53. The highest BCUT2D eigenvalue weighted by Gasteiger charge is 2.50. The molecule has 0 radical (unpaired) electrons. The molecule has 272 valence electrons. The molecule has 1 aromatic carbocycles. The van der Waals surface area contributed by atoms with Gasteiger partial charge in [-0.3, -0.25) is 24.0 Å². The van der Waals surface area contributed by atoms with E-state index in [0.29, 0.717) is 43.0 Å². The molecule has 0 saturated heterocycles. The monoisotopic (exact) mass is 705 g/mol. The van der Waals surface area contributed by atoms with Gasteiger partial charge < -0.3 is 33.9 Å². The molecule has 2 aliphatic heterocycles. The van der Waals surface area contributed by atoms with Crippen molar-refractivity contribution in [2.45, 2.75) is 78.6 Å². The van der Waals surface area contributed by atoms with Crippen LogP contribution in [0.15, 0.2) is 29.1 Å². The van der Waals surface area contributed by atoms with Gasteiger partial charge in [-0.1, -0.05) is 20.8 Å². The van der Waals surface area contributed by atoms with Crippen molar-refractivity contribution in [3.63, 3.8) is 0 Å². The van der Waals surface area contributed by atoms with Gasteiger partial charge in [0.1, 0.15) is 30.5 Å². The van der Waals surface area contributed by atoms with Crippen LogP contribution in [-0.4, -0.2) is 77.0 Å². The summed E-state index contributed by atoms with van der Waals surface area (Å²) in [5, 5.41) is 13.4. The van der Waals surface area contributed by atoms with Crippen LogP contribution in [0, 0.1) is 5.92 Å². The number of nitrogens with zero attached hydrogens (tertiary/aromatic N) is 2. The molecule has 0 bridgehead atoms. The second-order valence-electron chi connectivity index (χ2n) is 12.8. The second-order valence-corrected chi connectivity index (χ2v) is 12.8. The molecule has 2 aliphatic rings. The topological polar surface area (TPSA) is 189 Å². The second kappa shape index (κ2) is 15.9. The molecule has 0 fully saturated rings. The average Bonchev–Trinajstić information content (AvgIpc) is 3.46. The van der Waals surface area contributed by atoms with Gasteiger partial charge in [-0.2, -0.15) is 0 Å². The van der Waals surface area contributed by atoms with Crippen molar-refractivity contribution < 1.29 is 48.0 Å². The van der Waals surface area contributed by atoms with Crippen LogP contribution in [0.2, 0.25) is 0 Å². The minimum atomic E-state index is -1.94. The summed E-state index contributed by atoms with van der Waals surface area (Å²) in [7, 11) is 0. The van der Waals surface area contributed by atoms with Crippen molar-refractivity contribution in [1.82, 2.24) is 14.9 Å². The first-order chi connectivity index (χ1) is 24.4. The van der Waals surface area contributed by atoms with Gasteiger partial charge in [0.05, 0.1) is 55.4 Å². The third-order valence-electron chi connectivity index (χ3n) is 9.28. The minimum absolute atomic E-state index is 0.0376. The van der Waals surface area contributed by atoms with Crippen LogP contribution >= 0.6 is 0 Å². The van der Waals surface area contributed by atoms with E-state index in [0.717, 1.165) is 16.5 Å². The molecule has 0 spiro atoms. The Kier molecular flexibility index (Phi) is 11.7. The quantitative estimate of drug-likeness (QED) is 0.121. The van der Waals surface area contributed by atoms with Crippen LogP contribution in [0.1, 0.15) is 75.6 Å². The molecule has 2 aromatic heterocycles. The number of rotatable bonds is 17. The fraction of sp³-hybridized carbons (Fsp3) is 0.486. The third-order valence-corrected chi connectivity index (χ3v) is 9.28.